The van der Waals surface area contributed by atoms with Crippen molar-refractivity contribution in [3.8, 4) is 0 Å². The first-order valence-electron chi connectivity index (χ1n) is 3.19. The van der Waals surface area contributed by atoms with E-state index in [1.807, 2.05) is 0 Å². The maximum absolute atomic E-state index is 13.0. The number of hydrogen-bond acceptors (Lipinski definition) is 3. The average molecular weight is 150 g/mol. The van der Waals surface area contributed by atoms with Crippen molar-refractivity contribution in [2.75, 3.05) is 6.61 Å². The minimum Gasteiger partial charge on any atom is -0.394 e. The van der Waals surface area contributed by atoms with Crippen LogP contribution in [-0.2, 0) is 4.74 Å². The largest absolute Gasteiger partial charge is 0.394 e. The average Bonchev–Trinajstić information content (AvgIpc) is 2.08. The van der Waals surface area contributed by atoms with Crippen molar-refractivity contribution < 1.29 is 19.3 Å². The van der Waals surface area contributed by atoms with Gasteiger partial charge in [-0.2, -0.15) is 0 Å². The molecule has 0 spiro atoms. The number of aliphatic hydroxyl groups is 2. The third-order valence-electron chi connectivity index (χ3n) is 1.67. The molecule has 1 fully saturated rings. The summed E-state index contributed by atoms with van der Waals surface area (Å²) in [6.45, 7) is 1.02. The van der Waals surface area contributed by atoms with Crippen LogP contribution in [-0.4, -0.2) is 34.9 Å². The normalized spacial score (nSPS) is 48.0. The summed E-state index contributed by atoms with van der Waals surface area (Å²) in [6.07, 6.45) is -1.88. The smallest absolute Gasteiger partial charge is 0.189 e. The van der Waals surface area contributed by atoms with Gasteiger partial charge in [0.15, 0.2) is 12.0 Å². The van der Waals surface area contributed by atoms with Gasteiger partial charge in [0.05, 0.1) is 12.7 Å². The highest BCUT2D eigenvalue weighted by Crippen LogP contribution is 2.31. The van der Waals surface area contributed by atoms with Gasteiger partial charge in [0.2, 0.25) is 0 Å². The van der Waals surface area contributed by atoms with Crippen LogP contribution in [0.3, 0.4) is 0 Å². The van der Waals surface area contributed by atoms with Gasteiger partial charge in [-0.3, -0.25) is 0 Å². The Kier molecular flexibility index (Phi) is 1.94. The molecular formula is C6H11FO3. The molecule has 2 N–H and O–H groups in total. The highest BCUT2D eigenvalue weighted by Gasteiger charge is 2.44. The Balaban J connectivity index is 2.53. The van der Waals surface area contributed by atoms with E-state index in [1.165, 1.54) is 6.92 Å². The molecule has 3 nitrogen and oxygen atoms in total. The number of ether oxygens (including phenoxy) is 1. The number of aliphatic hydroxyl groups excluding tert-OH is 2. The number of alkyl halides is 1. The molecule has 4 heteroatoms. The molecule has 1 rings (SSSR count). The van der Waals surface area contributed by atoms with Crippen molar-refractivity contribution >= 4 is 0 Å². The Labute approximate surface area is 58.4 Å². The van der Waals surface area contributed by atoms with Gasteiger partial charge < -0.3 is 14.9 Å². The second kappa shape index (κ2) is 2.45. The minimum atomic E-state index is -1.70. The first-order chi connectivity index (χ1) is 4.56. The SMILES string of the molecule is CC1(F)CC(CO)OC1O. The lowest BCUT2D eigenvalue weighted by Gasteiger charge is -2.14. The summed E-state index contributed by atoms with van der Waals surface area (Å²) in [6, 6.07) is 0. The minimum absolute atomic E-state index is 0.0602. The Morgan fingerprint density at radius 2 is 2.40 bits per heavy atom. The van der Waals surface area contributed by atoms with Crippen LogP contribution in [0.25, 0.3) is 0 Å². The Hall–Kier alpha value is -0.190. The summed E-state index contributed by atoms with van der Waals surface area (Å²) in [5.41, 5.74) is -1.70. The van der Waals surface area contributed by atoms with Gasteiger partial charge in [0, 0.05) is 6.42 Å². The predicted molar refractivity (Wildman–Crippen MR) is 32.1 cm³/mol. The van der Waals surface area contributed by atoms with Crippen LogP contribution in [0.4, 0.5) is 4.39 Å². The lowest BCUT2D eigenvalue weighted by atomic mass is 10.0. The monoisotopic (exact) mass is 150 g/mol. The molecule has 1 saturated heterocycles. The standard InChI is InChI=1S/C6H11FO3/c1-6(7)2-4(3-8)10-5(6)9/h4-5,8-9H,2-3H2,1H3. The Morgan fingerprint density at radius 1 is 1.80 bits per heavy atom. The first kappa shape index (κ1) is 7.91. The molecule has 1 heterocycles. The molecule has 0 bridgehead atoms. The summed E-state index contributed by atoms with van der Waals surface area (Å²) in [5.74, 6) is 0. The van der Waals surface area contributed by atoms with E-state index < -0.39 is 18.1 Å². The van der Waals surface area contributed by atoms with Crippen LogP contribution in [0.15, 0.2) is 0 Å². The zero-order valence-electron chi connectivity index (χ0n) is 5.75. The summed E-state index contributed by atoms with van der Waals surface area (Å²) < 4.78 is 17.6. The summed E-state index contributed by atoms with van der Waals surface area (Å²) in [7, 11) is 0. The summed E-state index contributed by atoms with van der Waals surface area (Å²) >= 11 is 0. The van der Waals surface area contributed by atoms with Gasteiger partial charge in [-0.05, 0) is 6.92 Å². The fraction of sp³-hybridized carbons (Fsp3) is 1.00. The molecule has 3 unspecified atom stereocenters. The summed E-state index contributed by atoms with van der Waals surface area (Å²) in [4.78, 5) is 0. The summed E-state index contributed by atoms with van der Waals surface area (Å²) in [5, 5.41) is 17.4. The van der Waals surface area contributed by atoms with Crippen molar-refractivity contribution in [2.45, 2.75) is 31.4 Å². The molecule has 3 atom stereocenters. The van der Waals surface area contributed by atoms with E-state index in [0.717, 1.165) is 0 Å². The third-order valence-corrected chi connectivity index (χ3v) is 1.67. The van der Waals surface area contributed by atoms with Crippen LogP contribution in [0, 0.1) is 0 Å². The number of halogens is 1. The molecule has 0 aliphatic carbocycles. The van der Waals surface area contributed by atoms with Crippen molar-refractivity contribution in [3.63, 3.8) is 0 Å². The van der Waals surface area contributed by atoms with E-state index in [9.17, 15) is 4.39 Å². The van der Waals surface area contributed by atoms with E-state index in [0.29, 0.717) is 0 Å². The predicted octanol–water partition coefficient (Wildman–Crippen LogP) is -0.186. The molecule has 0 aromatic rings. The highest BCUT2D eigenvalue weighted by molar-refractivity contribution is 4.87. The second-order valence-corrected chi connectivity index (χ2v) is 2.78. The first-order valence-corrected chi connectivity index (χ1v) is 3.19. The lowest BCUT2D eigenvalue weighted by Crippen LogP contribution is -2.28. The van der Waals surface area contributed by atoms with Crippen molar-refractivity contribution in [1.29, 1.82) is 0 Å². The highest BCUT2D eigenvalue weighted by atomic mass is 19.1. The van der Waals surface area contributed by atoms with E-state index in [1.54, 1.807) is 0 Å². The van der Waals surface area contributed by atoms with E-state index in [2.05, 4.69) is 4.74 Å². The second-order valence-electron chi connectivity index (χ2n) is 2.78. The lowest BCUT2D eigenvalue weighted by molar-refractivity contribution is -0.143. The van der Waals surface area contributed by atoms with Gasteiger partial charge >= 0.3 is 0 Å². The topological polar surface area (TPSA) is 49.7 Å². The van der Waals surface area contributed by atoms with Gasteiger partial charge in [0.25, 0.3) is 0 Å². The van der Waals surface area contributed by atoms with Crippen molar-refractivity contribution in [2.24, 2.45) is 0 Å². The van der Waals surface area contributed by atoms with E-state index in [-0.39, 0.29) is 13.0 Å². The maximum Gasteiger partial charge on any atom is 0.189 e. The third kappa shape index (κ3) is 1.28. The zero-order valence-corrected chi connectivity index (χ0v) is 5.75. The molecule has 0 amide bonds. The van der Waals surface area contributed by atoms with Gasteiger partial charge in [-0.1, -0.05) is 0 Å². The molecule has 60 valence electrons. The maximum atomic E-state index is 13.0. The molecular weight excluding hydrogens is 139 g/mol. The van der Waals surface area contributed by atoms with Gasteiger partial charge in [0.1, 0.15) is 0 Å². The van der Waals surface area contributed by atoms with Crippen LogP contribution >= 0.6 is 0 Å². The van der Waals surface area contributed by atoms with Crippen molar-refractivity contribution in [3.05, 3.63) is 0 Å². The number of rotatable bonds is 1. The fourth-order valence-corrected chi connectivity index (χ4v) is 1.03. The fourth-order valence-electron chi connectivity index (χ4n) is 1.03. The van der Waals surface area contributed by atoms with E-state index >= 15 is 0 Å². The Bertz CT molecular complexity index is 126. The van der Waals surface area contributed by atoms with E-state index in [4.69, 9.17) is 10.2 Å². The van der Waals surface area contributed by atoms with Crippen LogP contribution in [0.1, 0.15) is 13.3 Å². The molecule has 10 heavy (non-hydrogen) atoms. The van der Waals surface area contributed by atoms with Crippen molar-refractivity contribution in [1.82, 2.24) is 0 Å². The molecule has 0 aromatic carbocycles. The van der Waals surface area contributed by atoms with Gasteiger partial charge in [-0.15, -0.1) is 0 Å². The zero-order chi connectivity index (χ0) is 7.78. The molecule has 0 radical (unpaired) electrons. The van der Waals surface area contributed by atoms with Gasteiger partial charge in [-0.25, -0.2) is 4.39 Å². The number of hydrogen-bond donors (Lipinski definition) is 2. The van der Waals surface area contributed by atoms with Crippen LogP contribution < -0.4 is 0 Å². The van der Waals surface area contributed by atoms with Crippen LogP contribution in [0.5, 0.6) is 0 Å². The quantitative estimate of drug-likeness (QED) is 0.545. The Morgan fingerprint density at radius 3 is 2.60 bits per heavy atom. The van der Waals surface area contributed by atoms with Crippen LogP contribution in [0.2, 0.25) is 0 Å². The molecule has 1 aliphatic heterocycles. The molecule has 1 aliphatic rings. The molecule has 0 aromatic heterocycles. The molecule has 0 saturated carbocycles.